The van der Waals surface area contributed by atoms with Crippen molar-refractivity contribution in [3.63, 3.8) is 0 Å². The quantitative estimate of drug-likeness (QED) is 0.612. The van der Waals surface area contributed by atoms with E-state index >= 15 is 0 Å². The van der Waals surface area contributed by atoms with E-state index in [1.807, 2.05) is 0 Å². The van der Waals surface area contributed by atoms with Gasteiger partial charge in [-0.05, 0) is 12.3 Å². The van der Waals surface area contributed by atoms with Gasteiger partial charge in [-0.25, -0.2) is 0 Å². The van der Waals surface area contributed by atoms with Crippen LogP contribution < -0.4 is 0 Å². The van der Waals surface area contributed by atoms with Gasteiger partial charge in [-0.15, -0.1) is 0 Å². The minimum absolute atomic E-state index is 0.276. The van der Waals surface area contributed by atoms with Crippen molar-refractivity contribution in [2.24, 2.45) is 11.3 Å². The summed E-state index contributed by atoms with van der Waals surface area (Å²) in [6, 6.07) is 0. The Morgan fingerprint density at radius 1 is 1.27 bits per heavy atom. The molecule has 0 aromatic rings. The van der Waals surface area contributed by atoms with Gasteiger partial charge in [0.2, 0.25) is 0 Å². The Morgan fingerprint density at radius 2 is 1.82 bits per heavy atom. The normalized spacial score (nSPS) is 24.0. The molecule has 11 heavy (non-hydrogen) atoms. The highest BCUT2D eigenvalue weighted by atomic mass is 16.7. The van der Waals surface area contributed by atoms with E-state index in [-0.39, 0.29) is 5.41 Å². The molecule has 0 bridgehead atoms. The fourth-order valence-electron chi connectivity index (χ4n) is 1.54. The summed E-state index contributed by atoms with van der Waals surface area (Å²) < 4.78 is 10.6. The molecule has 0 radical (unpaired) electrons. The molecule has 0 N–H and O–H groups in total. The minimum Gasteiger partial charge on any atom is -0.355 e. The highest BCUT2D eigenvalue weighted by molar-refractivity contribution is 4.81. The lowest BCUT2D eigenvalue weighted by atomic mass is 9.76. The van der Waals surface area contributed by atoms with E-state index < -0.39 is 0 Å². The summed E-state index contributed by atoms with van der Waals surface area (Å²) in [4.78, 5) is 0. The summed E-state index contributed by atoms with van der Waals surface area (Å²) in [6.45, 7) is 8.89. The summed E-state index contributed by atoms with van der Waals surface area (Å²) >= 11 is 0. The lowest BCUT2D eigenvalue weighted by molar-refractivity contribution is -0.179. The monoisotopic (exact) mass is 158 g/mol. The fourth-order valence-corrected chi connectivity index (χ4v) is 1.54. The summed E-state index contributed by atoms with van der Waals surface area (Å²) in [7, 11) is 0. The molecule has 1 rings (SSSR count). The third-order valence-electron chi connectivity index (χ3n) is 2.87. The maximum absolute atomic E-state index is 5.32. The second-order valence-corrected chi connectivity index (χ2v) is 3.69. The third kappa shape index (κ3) is 1.74. The highest BCUT2D eigenvalue weighted by Crippen LogP contribution is 2.34. The smallest absolute Gasteiger partial charge is 0.146 e. The van der Waals surface area contributed by atoms with E-state index in [0.29, 0.717) is 12.7 Å². The molecule has 1 fully saturated rings. The van der Waals surface area contributed by atoms with Crippen LogP contribution in [0.5, 0.6) is 0 Å². The van der Waals surface area contributed by atoms with Crippen LogP contribution >= 0.6 is 0 Å². The second kappa shape index (κ2) is 3.55. The lowest BCUT2D eigenvalue weighted by Crippen LogP contribution is -2.41. The number of hydrogen-bond donors (Lipinski definition) is 0. The van der Waals surface area contributed by atoms with Crippen molar-refractivity contribution >= 4 is 0 Å². The third-order valence-corrected chi connectivity index (χ3v) is 2.87. The Kier molecular flexibility index (Phi) is 2.90. The number of ether oxygens (including phenoxy) is 2. The lowest BCUT2D eigenvalue weighted by Gasteiger charge is -2.39. The topological polar surface area (TPSA) is 18.5 Å². The van der Waals surface area contributed by atoms with E-state index in [0.717, 1.165) is 19.6 Å². The predicted octanol–water partition coefficient (Wildman–Crippen LogP) is 2.04. The molecular weight excluding hydrogens is 140 g/mol. The molecule has 0 aromatic carbocycles. The standard InChI is InChI=1S/C9H18O2/c1-4-9(8(2)3)5-10-7-11-6-9/h8H,4-7H2,1-3H3. The molecule has 1 aliphatic rings. The van der Waals surface area contributed by atoms with Crippen LogP contribution in [0.15, 0.2) is 0 Å². The first-order chi connectivity index (χ1) is 5.21. The molecule has 0 atom stereocenters. The van der Waals surface area contributed by atoms with Crippen molar-refractivity contribution in [3.8, 4) is 0 Å². The zero-order chi connectivity index (χ0) is 8.32. The Balaban J connectivity index is 2.57. The number of hydrogen-bond acceptors (Lipinski definition) is 2. The first-order valence-electron chi connectivity index (χ1n) is 4.37. The molecule has 0 aromatic heterocycles. The van der Waals surface area contributed by atoms with Gasteiger partial charge in [0.15, 0.2) is 0 Å². The Hall–Kier alpha value is -0.0800. The van der Waals surface area contributed by atoms with Crippen LogP contribution in [-0.2, 0) is 9.47 Å². The van der Waals surface area contributed by atoms with Gasteiger partial charge in [0, 0.05) is 5.41 Å². The van der Waals surface area contributed by atoms with E-state index in [1.54, 1.807) is 0 Å². The van der Waals surface area contributed by atoms with Gasteiger partial charge >= 0.3 is 0 Å². The Labute approximate surface area is 68.9 Å². The highest BCUT2D eigenvalue weighted by Gasteiger charge is 2.34. The summed E-state index contributed by atoms with van der Waals surface area (Å²) in [5.74, 6) is 0.646. The van der Waals surface area contributed by atoms with Gasteiger partial charge in [0.25, 0.3) is 0 Å². The van der Waals surface area contributed by atoms with Crippen LogP contribution in [0.25, 0.3) is 0 Å². The minimum atomic E-state index is 0.276. The Bertz CT molecular complexity index is 115. The van der Waals surface area contributed by atoms with E-state index in [9.17, 15) is 0 Å². The fraction of sp³-hybridized carbons (Fsp3) is 1.00. The van der Waals surface area contributed by atoms with Crippen molar-refractivity contribution in [2.75, 3.05) is 20.0 Å². The van der Waals surface area contributed by atoms with Gasteiger partial charge in [-0.1, -0.05) is 20.8 Å². The van der Waals surface area contributed by atoms with Crippen molar-refractivity contribution in [1.29, 1.82) is 0 Å². The molecule has 0 spiro atoms. The zero-order valence-corrected chi connectivity index (χ0v) is 7.72. The van der Waals surface area contributed by atoms with Crippen molar-refractivity contribution in [2.45, 2.75) is 27.2 Å². The molecule has 1 heterocycles. The van der Waals surface area contributed by atoms with E-state index in [2.05, 4.69) is 20.8 Å². The average Bonchev–Trinajstić information content (AvgIpc) is 2.05. The van der Waals surface area contributed by atoms with Crippen molar-refractivity contribution in [1.82, 2.24) is 0 Å². The van der Waals surface area contributed by atoms with Gasteiger partial charge in [0.05, 0.1) is 13.2 Å². The molecule has 1 aliphatic heterocycles. The van der Waals surface area contributed by atoms with Crippen LogP contribution in [-0.4, -0.2) is 20.0 Å². The molecule has 2 heteroatoms. The molecule has 0 amide bonds. The zero-order valence-electron chi connectivity index (χ0n) is 7.72. The SMILES string of the molecule is CCC1(C(C)C)COCOC1. The van der Waals surface area contributed by atoms with Crippen molar-refractivity contribution in [3.05, 3.63) is 0 Å². The number of rotatable bonds is 2. The van der Waals surface area contributed by atoms with Gasteiger partial charge in [-0.3, -0.25) is 0 Å². The van der Waals surface area contributed by atoms with Crippen molar-refractivity contribution < 1.29 is 9.47 Å². The molecule has 1 saturated heterocycles. The average molecular weight is 158 g/mol. The van der Waals surface area contributed by atoms with Gasteiger partial charge < -0.3 is 9.47 Å². The first-order valence-corrected chi connectivity index (χ1v) is 4.37. The van der Waals surface area contributed by atoms with Crippen LogP contribution in [0.1, 0.15) is 27.2 Å². The predicted molar refractivity (Wildman–Crippen MR) is 44.3 cm³/mol. The van der Waals surface area contributed by atoms with Gasteiger partial charge in [-0.2, -0.15) is 0 Å². The first kappa shape index (κ1) is 9.01. The maximum Gasteiger partial charge on any atom is 0.146 e. The Morgan fingerprint density at radius 3 is 2.09 bits per heavy atom. The van der Waals surface area contributed by atoms with Crippen LogP contribution in [0, 0.1) is 11.3 Å². The second-order valence-electron chi connectivity index (χ2n) is 3.69. The molecular formula is C9H18O2. The maximum atomic E-state index is 5.32. The van der Waals surface area contributed by atoms with Crippen LogP contribution in [0.4, 0.5) is 0 Å². The molecule has 66 valence electrons. The molecule has 0 aliphatic carbocycles. The van der Waals surface area contributed by atoms with Crippen LogP contribution in [0.2, 0.25) is 0 Å². The van der Waals surface area contributed by atoms with Gasteiger partial charge in [0.1, 0.15) is 6.79 Å². The molecule has 2 nitrogen and oxygen atoms in total. The molecule has 0 unspecified atom stereocenters. The van der Waals surface area contributed by atoms with Crippen LogP contribution in [0.3, 0.4) is 0 Å². The van der Waals surface area contributed by atoms with E-state index in [4.69, 9.17) is 9.47 Å². The molecule has 0 saturated carbocycles. The summed E-state index contributed by atoms with van der Waals surface area (Å²) in [5.41, 5.74) is 0.276. The largest absolute Gasteiger partial charge is 0.355 e. The van der Waals surface area contributed by atoms with E-state index in [1.165, 1.54) is 0 Å². The summed E-state index contributed by atoms with van der Waals surface area (Å²) in [6.07, 6.45) is 1.14. The summed E-state index contributed by atoms with van der Waals surface area (Å²) in [5, 5.41) is 0.